The van der Waals surface area contributed by atoms with Crippen molar-refractivity contribution in [1.82, 2.24) is 0 Å². The van der Waals surface area contributed by atoms with E-state index in [-0.39, 0.29) is 0 Å². The van der Waals surface area contributed by atoms with Crippen molar-refractivity contribution in [1.29, 1.82) is 0 Å². The van der Waals surface area contributed by atoms with Crippen LogP contribution in [-0.4, -0.2) is 16.3 Å². The lowest BCUT2D eigenvalue weighted by Gasteiger charge is -1.90. The zero-order valence-corrected chi connectivity index (χ0v) is 10.6. The van der Waals surface area contributed by atoms with Crippen molar-refractivity contribution in [3.05, 3.63) is 67.3 Å². The molecule has 0 atom stereocenters. The summed E-state index contributed by atoms with van der Waals surface area (Å²) in [5.74, 6) is 1.54. The lowest BCUT2D eigenvalue weighted by atomic mass is 10.3. The van der Waals surface area contributed by atoms with Gasteiger partial charge in [-0.25, -0.2) is 10.1 Å². The summed E-state index contributed by atoms with van der Waals surface area (Å²) in [6, 6.07) is 16.6. The lowest BCUT2D eigenvalue weighted by Crippen LogP contribution is -1.82. The van der Waals surface area contributed by atoms with Crippen molar-refractivity contribution in [3.63, 3.8) is 0 Å². The van der Waals surface area contributed by atoms with Crippen LogP contribution in [0.15, 0.2) is 67.3 Å². The third-order valence-electron chi connectivity index (χ3n) is 2.05. The molecule has 2 aromatic rings. The zero-order chi connectivity index (χ0) is 14.8. The smallest absolute Gasteiger partial charge is 0.327 e. The third kappa shape index (κ3) is 6.23. The first-order chi connectivity index (χ1) is 9.67. The van der Waals surface area contributed by atoms with Crippen molar-refractivity contribution in [2.45, 2.75) is 0 Å². The minimum atomic E-state index is -0.981. The predicted molar refractivity (Wildman–Crippen MR) is 74.0 cm³/mol. The molecule has 0 saturated heterocycles. The van der Waals surface area contributed by atoms with E-state index in [9.17, 15) is 4.79 Å². The Balaban J connectivity index is 0.000000155. The fourth-order valence-electron chi connectivity index (χ4n) is 1.09. The lowest BCUT2D eigenvalue weighted by molar-refractivity contribution is -0.137. The molecule has 0 fully saturated rings. The number of aliphatic carboxylic acids is 1. The molecule has 104 valence electrons. The molecule has 2 aromatic carbocycles. The number of carboxylic acids is 1. The second kappa shape index (κ2) is 8.34. The third-order valence-corrected chi connectivity index (χ3v) is 2.05. The molecule has 0 aliphatic carbocycles. The normalized spacial score (nSPS) is 9.25. The van der Waals surface area contributed by atoms with E-state index in [0.717, 1.165) is 17.6 Å². The van der Waals surface area contributed by atoms with E-state index in [0.29, 0.717) is 5.75 Å². The molecule has 1 aliphatic rings. The molecule has 0 spiro atoms. The molecule has 0 bridgehead atoms. The first-order valence-corrected chi connectivity index (χ1v) is 5.66. The van der Waals surface area contributed by atoms with Crippen LogP contribution in [-0.2, 0) is 4.79 Å². The highest BCUT2D eigenvalue weighted by Crippen LogP contribution is 2.43. The molecule has 0 unspecified atom stereocenters. The highest BCUT2D eigenvalue weighted by Gasteiger charge is 2.15. The minimum absolute atomic E-state index is 0.465. The SMILES string of the molecule is C=CC(=O)O.OOc1ccccc1.c1ccc2c(c1)O2. The Kier molecular flexibility index (Phi) is 6.36. The number of fused-ring (bicyclic) bond motifs is 1. The molecule has 20 heavy (non-hydrogen) atoms. The van der Waals surface area contributed by atoms with E-state index in [4.69, 9.17) is 15.1 Å². The minimum Gasteiger partial charge on any atom is -0.478 e. The van der Waals surface area contributed by atoms with Gasteiger partial charge in [0.15, 0.2) is 17.2 Å². The Morgan fingerprint density at radius 3 is 1.80 bits per heavy atom. The van der Waals surface area contributed by atoms with Gasteiger partial charge in [-0.15, -0.1) is 0 Å². The average molecular weight is 274 g/mol. The first kappa shape index (κ1) is 15.3. The van der Waals surface area contributed by atoms with Crippen LogP contribution < -0.4 is 9.62 Å². The van der Waals surface area contributed by atoms with Gasteiger partial charge in [-0.2, -0.15) is 0 Å². The van der Waals surface area contributed by atoms with Crippen LogP contribution in [0.25, 0.3) is 0 Å². The standard InChI is InChI=1S/C6H6O2.C6H4O.C3H4O2/c7-8-6-4-2-1-3-5-6;1-2-4-6-5(3-1)7-6;1-2-3(4)5/h1-5,7H;1-4H;2H,1H2,(H,4,5). The van der Waals surface area contributed by atoms with Gasteiger partial charge >= 0.3 is 5.97 Å². The maximum Gasteiger partial charge on any atom is 0.327 e. The van der Waals surface area contributed by atoms with Crippen molar-refractivity contribution in [2.75, 3.05) is 0 Å². The Morgan fingerprint density at radius 1 is 1.05 bits per heavy atom. The molecule has 0 radical (unpaired) electrons. The predicted octanol–water partition coefficient (Wildman–Crippen LogP) is 3.59. The topological polar surface area (TPSA) is 79.3 Å². The number of carboxylic acid groups (broad SMARTS) is 1. The monoisotopic (exact) mass is 274 g/mol. The van der Waals surface area contributed by atoms with Crippen molar-refractivity contribution >= 4 is 5.97 Å². The number of ether oxygens (including phenoxy) is 1. The maximum atomic E-state index is 9.25. The molecular formula is C15H14O5. The highest BCUT2D eigenvalue weighted by molar-refractivity contribution is 5.78. The molecule has 3 rings (SSSR count). The van der Waals surface area contributed by atoms with Crippen LogP contribution >= 0.6 is 0 Å². The number of carbonyl (C=O) groups is 1. The fourth-order valence-corrected chi connectivity index (χ4v) is 1.09. The van der Waals surface area contributed by atoms with Crippen LogP contribution in [0.4, 0.5) is 0 Å². The van der Waals surface area contributed by atoms with Gasteiger partial charge < -0.3 is 14.7 Å². The second-order valence-electron chi connectivity index (χ2n) is 3.50. The number of hydrogen-bond donors (Lipinski definition) is 2. The largest absolute Gasteiger partial charge is 0.478 e. The molecule has 2 N–H and O–H groups in total. The van der Waals surface area contributed by atoms with Gasteiger partial charge in [-0.1, -0.05) is 36.9 Å². The van der Waals surface area contributed by atoms with Crippen LogP contribution in [0.1, 0.15) is 0 Å². The maximum absolute atomic E-state index is 9.25. The second-order valence-corrected chi connectivity index (χ2v) is 3.50. The van der Waals surface area contributed by atoms with Crippen LogP contribution in [0.3, 0.4) is 0 Å². The summed E-state index contributed by atoms with van der Waals surface area (Å²) in [5.41, 5.74) is 0. The summed E-state index contributed by atoms with van der Waals surface area (Å²) in [6.45, 7) is 2.96. The van der Waals surface area contributed by atoms with E-state index in [2.05, 4.69) is 11.5 Å². The van der Waals surface area contributed by atoms with Gasteiger partial charge in [0, 0.05) is 6.08 Å². The van der Waals surface area contributed by atoms with Crippen LogP contribution in [0, 0.1) is 0 Å². The highest BCUT2D eigenvalue weighted by atomic mass is 17.1. The zero-order valence-electron chi connectivity index (χ0n) is 10.6. The molecule has 0 amide bonds. The average Bonchev–Trinajstić information content (AvgIpc) is 3.29. The number of hydrogen-bond acceptors (Lipinski definition) is 4. The van der Waals surface area contributed by atoms with Gasteiger partial charge in [0.1, 0.15) is 0 Å². The van der Waals surface area contributed by atoms with Gasteiger partial charge in [-0.05, 0) is 24.3 Å². The Labute approximate surface area is 116 Å². The van der Waals surface area contributed by atoms with E-state index < -0.39 is 5.97 Å². The van der Waals surface area contributed by atoms with Crippen LogP contribution in [0.5, 0.6) is 17.2 Å². The fraction of sp³-hybridized carbons (Fsp3) is 0. The molecule has 0 saturated carbocycles. The molecule has 5 heteroatoms. The Bertz CT molecular complexity index is 530. The Hall–Kier alpha value is -2.79. The van der Waals surface area contributed by atoms with E-state index in [1.807, 2.05) is 30.3 Å². The summed E-state index contributed by atoms with van der Waals surface area (Å²) in [4.78, 5) is 13.2. The van der Waals surface area contributed by atoms with Crippen LogP contribution in [0.2, 0.25) is 0 Å². The number of rotatable bonds is 2. The number of benzene rings is 2. The molecule has 0 aromatic heterocycles. The van der Waals surface area contributed by atoms with Crippen molar-refractivity contribution in [2.24, 2.45) is 0 Å². The van der Waals surface area contributed by atoms with Crippen molar-refractivity contribution < 1.29 is 24.8 Å². The van der Waals surface area contributed by atoms with Gasteiger partial charge in [-0.3, -0.25) is 0 Å². The summed E-state index contributed by atoms with van der Waals surface area (Å²) < 4.78 is 4.94. The van der Waals surface area contributed by atoms with E-state index >= 15 is 0 Å². The molecular weight excluding hydrogens is 260 g/mol. The Morgan fingerprint density at radius 2 is 1.50 bits per heavy atom. The molecule has 1 heterocycles. The summed E-state index contributed by atoms with van der Waals surface area (Å²) >= 11 is 0. The van der Waals surface area contributed by atoms with Gasteiger partial charge in [0.2, 0.25) is 0 Å². The number of para-hydroxylation sites is 3. The molecule has 5 nitrogen and oxygen atoms in total. The van der Waals surface area contributed by atoms with E-state index in [1.165, 1.54) is 0 Å². The van der Waals surface area contributed by atoms with E-state index in [1.54, 1.807) is 24.3 Å². The van der Waals surface area contributed by atoms with Gasteiger partial charge in [0.25, 0.3) is 0 Å². The van der Waals surface area contributed by atoms with Gasteiger partial charge in [0.05, 0.1) is 0 Å². The quantitative estimate of drug-likeness (QED) is 0.323. The first-order valence-electron chi connectivity index (χ1n) is 5.66. The summed E-state index contributed by atoms with van der Waals surface area (Å²) in [7, 11) is 0. The van der Waals surface area contributed by atoms with Crippen molar-refractivity contribution in [3.8, 4) is 17.2 Å². The summed E-state index contributed by atoms with van der Waals surface area (Å²) in [6.07, 6.45) is 0.833. The summed E-state index contributed by atoms with van der Waals surface area (Å²) in [5, 5.41) is 15.6. The molecule has 1 aliphatic heterocycles.